The lowest BCUT2D eigenvalue weighted by Gasteiger charge is -2.09. The third-order valence-corrected chi connectivity index (χ3v) is 2.77. The Labute approximate surface area is 130 Å². The molecule has 0 saturated carbocycles. The maximum Gasteiger partial charge on any atom is 0.305 e. The number of carboxylic acids is 1. The summed E-state index contributed by atoms with van der Waals surface area (Å²) in [7, 11) is 0. The van der Waals surface area contributed by atoms with E-state index in [0.29, 0.717) is 59.5 Å². The van der Waals surface area contributed by atoms with E-state index >= 15 is 0 Å². The van der Waals surface area contributed by atoms with E-state index < -0.39 is 5.97 Å². The number of carbonyl (C=O) groups is 1. The molecule has 1 aliphatic rings. The Morgan fingerprint density at radius 3 is 1.77 bits per heavy atom. The molecule has 1 saturated heterocycles. The third kappa shape index (κ3) is 11.8. The van der Waals surface area contributed by atoms with Crippen LogP contribution in [0.25, 0.3) is 0 Å². The van der Waals surface area contributed by atoms with Crippen molar-refractivity contribution in [2.24, 2.45) is 0 Å². The average Bonchev–Trinajstić information content (AvgIpc) is 3.00. The predicted octanol–water partition coefficient (Wildman–Crippen LogP) is 0.291. The van der Waals surface area contributed by atoms with Crippen LogP contribution in [-0.2, 0) is 33.2 Å². The van der Waals surface area contributed by atoms with E-state index in [1.165, 1.54) is 0 Å². The number of carboxylic acid groups (broad SMARTS) is 1. The number of rotatable bonds is 15. The minimum Gasteiger partial charge on any atom is -0.481 e. The summed E-state index contributed by atoms with van der Waals surface area (Å²) < 4.78 is 31.6. The molecule has 1 heterocycles. The van der Waals surface area contributed by atoms with Crippen molar-refractivity contribution >= 4 is 5.97 Å². The highest BCUT2D eigenvalue weighted by Crippen LogP contribution is 2.07. The zero-order valence-corrected chi connectivity index (χ0v) is 12.9. The average molecular weight is 322 g/mol. The van der Waals surface area contributed by atoms with E-state index in [2.05, 4.69) is 0 Å². The summed E-state index contributed by atoms with van der Waals surface area (Å²) in [5.74, 6) is -0.861. The van der Waals surface area contributed by atoms with Gasteiger partial charge in [-0.1, -0.05) is 0 Å². The molecule has 0 atom stereocenters. The Hall–Kier alpha value is -0.770. The topological polar surface area (TPSA) is 92.7 Å². The first-order chi connectivity index (χ1) is 10.8. The van der Waals surface area contributed by atoms with Gasteiger partial charge in [-0.15, -0.1) is 0 Å². The molecule has 0 radical (unpaired) electrons. The predicted molar refractivity (Wildman–Crippen MR) is 75.8 cm³/mol. The van der Waals surface area contributed by atoms with E-state index in [0.717, 1.165) is 6.42 Å². The van der Waals surface area contributed by atoms with Crippen molar-refractivity contribution in [3.8, 4) is 0 Å². The minimum absolute atomic E-state index is 0.0160. The molecule has 0 amide bonds. The van der Waals surface area contributed by atoms with Gasteiger partial charge in [0.2, 0.25) is 0 Å². The molecule has 22 heavy (non-hydrogen) atoms. The summed E-state index contributed by atoms with van der Waals surface area (Å²) >= 11 is 0. The van der Waals surface area contributed by atoms with E-state index in [1.54, 1.807) is 0 Å². The quantitative estimate of drug-likeness (QED) is 0.430. The highest BCUT2D eigenvalue weighted by molar-refractivity contribution is 5.66. The molecule has 0 spiro atoms. The van der Waals surface area contributed by atoms with Gasteiger partial charge in [0.05, 0.1) is 72.5 Å². The van der Waals surface area contributed by atoms with E-state index in [4.69, 9.17) is 33.5 Å². The summed E-state index contributed by atoms with van der Waals surface area (Å²) in [5, 5.41) is 8.40. The second kappa shape index (κ2) is 13.9. The van der Waals surface area contributed by atoms with Crippen molar-refractivity contribution in [1.29, 1.82) is 0 Å². The minimum atomic E-state index is -0.861. The Morgan fingerprint density at radius 1 is 0.818 bits per heavy atom. The summed E-state index contributed by atoms with van der Waals surface area (Å²) in [6.07, 6.45) is 0.639. The fraction of sp³-hybridized carbons (Fsp3) is 0.929. The Bertz CT molecular complexity index is 268. The summed E-state index contributed by atoms with van der Waals surface area (Å²) in [5.41, 5.74) is 0. The molecule has 8 nitrogen and oxygen atoms in total. The third-order valence-electron chi connectivity index (χ3n) is 2.77. The van der Waals surface area contributed by atoms with Gasteiger partial charge in [-0.05, 0) is 0 Å². The smallest absolute Gasteiger partial charge is 0.305 e. The van der Waals surface area contributed by atoms with Crippen LogP contribution < -0.4 is 0 Å². The van der Waals surface area contributed by atoms with Crippen LogP contribution in [-0.4, -0.2) is 83.4 Å². The highest BCUT2D eigenvalue weighted by Gasteiger charge is 2.14. The Balaban J connectivity index is 1.67. The van der Waals surface area contributed by atoms with Crippen molar-refractivity contribution < 1.29 is 38.3 Å². The first kappa shape index (κ1) is 19.3. The van der Waals surface area contributed by atoms with Gasteiger partial charge in [-0.2, -0.15) is 0 Å². The van der Waals surface area contributed by atoms with Crippen LogP contribution in [0.4, 0.5) is 0 Å². The SMILES string of the molecule is O=C(O)CCOCCOCCOCCOCCC1OCCO1. The first-order valence-corrected chi connectivity index (χ1v) is 7.55. The lowest BCUT2D eigenvalue weighted by molar-refractivity contribution is -0.138. The summed E-state index contributed by atoms with van der Waals surface area (Å²) in [6.45, 7) is 4.98. The maximum absolute atomic E-state index is 10.2. The van der Waals surface area contributed by atoms with E-state index in [9.17, 15) is 4.79 Å². The number of hydrogen-bond donors (Lipinski definition) is 1. The molecular weight excluding hydrogens is 296 g/mol. The van der Waals surface area contributed by atoms with Crippen LogP contribution in [0.3, 0.4) is 0 Å². The second-order valence-corrected chi connectivity index (χ2v) is 4.55. The monoisotopic (exact) mass is 322 g/mol. The van der Waals surface area contributed by atoms with Crippen molar-refractivity contribution in [3.05, 3.63) is 0 Å². The molecule has 1 aliphatic heterocycles. The fourth-order valence-corrected chi connectivity index (χ4v) is 1.67. The van der Waals surface area contributed by atoms with Crippen LogP contribution >= 0.6 is 0 Å². The standard InChI is InChI=1S/C14H26O8/c15-13(16)1-3-17-5-7-19-9-10-20-8-6-18-4-2-14-21-11-12-22-14/h14H,1-12H2,(H,15,16). The molecule has 1 fully saturated rings. The molecule has 0 aromatic carbocycles. The molecule has 130 valence electrons. The molecule has 0 aliphatic carbocycles. The van der Waals surface area contributed by atoms with Gasteiger partial charge in [-0.3, -0.25) is 4.79 Å². The highest BCUT2D eigenvalue weighted by atomic mass is 16.7. The molecule has 0 aromatic rings. The van der Waals surface area contributed by atoms with E-state index in [-0.39, 0.29) is 19.3 Å². The van der Waals surface area contributed by atoms with Gasteiger partial charge in [0, 0.05) is 6.42 Å². The number of aliphatic carboxylic acids is 1. The molecule has 1 rings (SSSR count). The molecule has 0 aromatic heterocycles. The molecule has 0 unspecified atom stereocenters. The molecule has 0 bridgehead atoms. The van der Waals surface area contributed by atoms with Crippen molar-refractivity contribution in [1.82, 2.24) is 0 Å². The van der Waals surface area contributed by atoms with E-state index in [1.807, 2.05) is 0 Å². The van der Waals surface area contributed by atoms with Gasteiger partial charge < -0.3 is 33.5 Å². The molecular formula is C14H26O8. The fourth-order valence-electron chi connectivity index (χ4n) is 1.67. The Morgan fingerprint density at radius 2 is 1.27 bits per heavy atom. The lowest BCUT2D eigenvalue weighted by Crippen LogP contribution is -2.14. The molecule has 8 heteroatoms. The first-order valence-electron chi connectivity index (χ1n) is 7.55. The van der Waals surface area contributed by atoms with Crippen LogP contribution in [0.15, 0.2) is 0 Å². The van der Waals surface area contributed by atoms with Crippen LogP contribution in [0, 0.1) is 0 Å². The van der Waals surface area contributed by atoms with Gasteiger partial charge in [-0.25, -0.2) is 0 Å². The Kier molecular flexibility index (Phi) is 12.1. The van der Waals surface area contributed by atoms with Crippen molar-refractivity contribution in [2.75, 3.05) is 66.1 Å². The number of hydrogen-bond acceptors (Lipinski definition) is 7. The van der Waals surface area contributed by atoms with Crippen molar-refractivity contribution in [3.63, 3.8) is 0 Å². The molecule has 1 N–H and O–H groups in total. The summed E-state index contributed by atoms with van der Waals surface area (Å²) in [4.78, 5) is 10.2. The van der Waals surface area contributed by atoms with Crippen LogP contribution in [0.1, 0.15) is 12.8 Å². The lowest BCUT2D eigenvalue weighted by atomic mass is 10.4. The normalized spacial score (nSPS) is 15.5. The zero-order valence-electron chi connectivity index (χ0n) is 12.9. The van der Waals surface area contributed by atoms with Gasteiger partial charge in [0.25, 0.3) is 0 Å². The largest absolute Gasteiger partial charge is 0.481 e. The maximum atomic E-state index is 10.2. The zero-order chi connectivity index (χ0) is 15.9. The number of ether oxygens (including phenoxy) is 6. The van der Waals surface area contributed by atoms with Gasteiger partial charge in [0.15, 0.2) is 6.29 Å². The summed E-state index contributed by atoms with van der Waals surface area (Å²) in [6, 6.07) is 0. The van der Waals surface area contributed by atoms with Gasteiger partial charge in [0.1, 0.15) is 0 Å². The van der Waals surface area contributed by atoms with Crippen LogP contribution in [0.2, 0.25) is 0 Å². The van der Waals surface area contributed by atoms with Crippen LogP contribution in [0.5, 0.6) is 0 Å². The van der Waals surface area contributed by atoms with Gasteiger partial charge >= 0.3 is 5.97 Å². The second-order valence-electron chi connectivity index (χ2n) is 4.55. The van der Waals surface area contributed by atoms with Crippen molar-refractivity contribution in [2.45, 2.75) is 19.1 Å².